The summed E-state index contributed by atoms with van der Waals surface area (Å²) in [5.74, 6) is 0.675. The Balaban J connectivity index is 1.61. The average molecular weight is 442 g/mol. The maximum absolute atomic E-state index is 11.5. The number of hydrogen-bond acceptors (Lipinski definition) is 4. The van der Waals surface area contributed by atoms with E-state index >= 15 is 0 Å². The van der Waals surface area contributed by atoms with Crippen LogP contribution in [0.25, 0.3) is 10.9 Å². The van der Waals surface area contributed by atoms with Gasteiger partial charge in [-0.25, -0.2) is 0 Å². The number of carbonyl (C=O) groups excluding carboxylic acids is 1. The molecule has 1 saturated heterocycles. The van der Waals surface area contributed by atoms with Crippen molar-refractivity contribution in [1.82, 2.24) is 14.8 Å². The van der Waals surface area contributed by atoms with Crippen molar-refractivity contribution >= 4 is 28.4 Å². The van der Waals surface area contributed by atoms with Gasteiger partial charge >= 0.3 is 0 Å². The van der Waals surface area contributed by atoms with E-state index in [0.29, 0.717) is 18.2 Å². The smallest absolute Gasteiger partial charge is 0.218 e. The number of ether oxygens (including phenoxy) is 1. The van der Waals surface area contributed by atoms with Crippen LogP contribution in [0, 0.1) is 0 Å². The molecular formula is C24H28ClN3O3. The summed E-state index contributed by atoms with van der Waals surface area (Å²) in [5, 5.41) is 16.0. The zero-order chi connectivity index (χ0) is 22.0. The van der Waals surface area contributed by atoms with Gasteiger partial charge < -0.3 is 19.7 Å². The predicted molar refractivity (Wildman–Crippen MR) is 122 cm³/mol. The van der Waals surface area contributed by atoms with Crippen molar-refractivity contribution in [3.63, 3.8) is 0 Å². The maximum atomic E-state index is 11.5. The second-order valence-electron chi connectivity index (χ2n) is 8.05. The molecule has 2 heterocycles. The summed E-state index contributed by atoms with van der Waals surface area (Å²) in [7, 11) is 2.00. The summed E-state index contributed by atoms with van der Waals surface area (Å²) in [6.45, 7) is 3.16. The molecule has 164 valence electrons. The number of benzene rings is 2. The second-order valence-corrected chi connectivity index (χ2v) is 8.48. The van der Waals surface area contributed by atoms with Crippen LogP contribution in [0.3, 0.4) is 0 Å². The van der Waals surface area contributed by atoms with Gasteiger partial charge in [0.25, 0.3) is 0 Å². The van der Waals surface area contributed by atoms with Crippen LogP contribution in [0.5, 0.6) is 5.75 Å². The molecule has 1 aliphatic rings. The van der Waals surface area contributed by atoms with Gasteiger partial charge in [0.2, 0.25) is 5.91 Å². The number of aromatic nitrogens is 1. The van der Waals surface area contributed by atoms with Crippen molar-refractivity contribution in [2.45, 2.75) is 38.6 Å². The number of β-amino-alcohol motifs (C(OH)–C–C–N with tert-alkyl or cyclic N) is 1. The predicted octanol–water partition coefficient (Wildman–Crippen LogP) is 4.00. The Kier molecular flexibility index (Phi) is 6.51. The maximum Gasteiger partial charge on any atom is 0.218 e. The molecule has 2 aromatic carbocycles. The molecule has 3 aromatic rings. The van der Waals surface area contributed by atoms with Gasteiger partial charge in [0, 0.05) is 48.5 Å². The SMILES string of the molecule is CC(=O)NC1CCCN1CC(O)c1c(COc2ccc(Cl)cc2)n(C)c2ccccc12. The topological polar surface area (TPSA) is 66.7 Å². The fraction of sp³-hybridized carbons (Fsp3) is 0.375. The number of nitrogens with zero attached hydrogens (tertiary/aromatic N) is 2. The molecule has 1 aromatic heterocycles. The summed E-state index contributed by atoms with van der Waals surface area (Å²) in [6, 6.07) is 15.3. The fourth-order valence-corrected chi connectivity index (χ4v) is 4.59. The second kappa shape index (κ2) is 9.30. The summed E-state index contributed by atoms with van der Waals surface area (Å²) in [4.78, 5) is 13.7. The third-order valence-corrected chi connectivity index (χ3v) is 6.19. The molecule has 1 fully saturated rings. The minimum absolute atomic E-state index is 0.0316. The number of rotatable bonds is 7. The number of aliphatic hydroxyl groups is 1. The molecule has 0 aliphatic carbocycles. The number of aryl methyl sites for hydroxylation is 1. The van der Waals surface area contributed by atoms with Crippen LogP contribution in [-0.4, -0.2) is 39.7 Å². The number of halogens is 1. The fourth-order valence-electron chi connectivity index (χ4n) is 4.46. The van der Waals surface area contributed by atoms with E-state index < -0.39 is 6.10 Å². The first kappa shape index (κ1) is 21.7. The van der Waals surface area contributed by atoms with Gasteiger partial charge in [-0.15, -0.1) is 0 Å². The van der Waals surface area contributed by atoms with E-state index in [1.807, 2.05) is 43.4 Å². The summed E-state index contributed by atoms with van der Waals surface area (Å²) in [5.41, 5.74) is 2.85. The molecule has 0 saturated carbocycles. The number of aliphatic hydroxyl groups excluding tert-OH is 1. The molecule has 7 heteroatoms. The molecule has 6 nitrogen and oxygen atoms in total. The summed E-state index contributed by atoms with van der Waals surface area (Å²) >= 11 is 5.97. The first-order chi connectivity index (χ1) is 14.9. The van der Waals surface area contributed by atoms with Gasteiger partial charge in [0.05, 0.1) is 18.0 Å². The molecule has 0 radical (unpaired) electrons. The van der Waals surface area contributed by atoms with Crippen molar-refractivity contribution in [2.24, 2.45) is 7.05 Å². The summed E-state index contributed by atoms with van der Waals surface area (Å²) in [6.07, 6.45) is 1.16. The highest BCUT2D eigenvalue weighted by Gasteiger charge is 2.30. The van der Waals surface area contributed by atoms with Gasteiger partial charge in [-0.3, -0.25) is 9.69 Å². The van der Waals surface area contributed by atoms with Gasteiger partial charge in [-0.05, 0) is 43.2 Å². The largest absolute Gasteiger partial charge is 0.487 e. The average Bonchev–Trinajstić information content (AvgIpc) is 3.29. The number of likely N-dealkylation sites (tertiary alicyclic amines) is 1. The van der Waals surface area contributed by atoms with Crippen LogP contribution < -0.4 is 10.1 Å². The van der Waals surface area contributed by atoms with Gasteiger partial charge in [-0.2, -0.15) is 0 Å². The normalized spacial score (nSPS) is 17.7. The molecular weight excluding hydrogens is 414 g/mol. The van der Waals surface area contributed by atoms with Gasteiger partial charge in [0.1, 0.15) is 12.4 Å². The number of amides is 1. The lowest BCUT2D eigenvalue weighted by molar-refractivity contribution is -0.120. The highest BCUT2D eigenvalue weighted by Crippen LogP contribution is 2.33. The lowest BCUT2D eigenvalue weighted by Crippen LogP contribution is -2.45. The lowest BCUT2D eigenvalue weighted by Gasteiger charge is -2.27. The Morgan fingerprint density at radius 2 is 2.00 bits per heavy atom. The first-order valence-corrected chi connectivity index (χ1v) is 11.0. The minimum Gasteiger partial charge on any atom is -0.487 e. The van der Waals surface area contributed by atoms with Crippen LogP contribution in [0.2, 0.25) is 5.02 Å². The van der Waals surface area contributed by atoms with E-state index in [9.17, 15) is 9.90 Å². The zero-order valence-electron chi connectivity index (χ0n) is 17.8. The van der Waals surface area contributed by atoms with Crippen LogP contribution in [-0.2, 0) is 18.4 Å². The third kappa shape index (κ3) is 4.71. The Labute approximate surface area is 187 Å². The Morgan fingerprint density at radius 3 is 2.74 bits per heavy atom. The Bertz CT molecular complexity index is 1060. The minimum atomic E-state index is -0.704. The quantitative estimate of drug-likeness (QED) is 0.581. The van der Waals surface area contributed by atoms with E-state index in [2.05, 4.69) is 14.8 Å². The number of para-hydroxylation sites is 1. The standard InChI is InChI=1S/C24H28ClN3O3/c1-16(29)26-23-8-5-13-28(23)14-22(30)24-19-6-3-4-7-20(19)27(2)21(24)15-31-18-11-9-17(25)10-12-18/h3-4,6-7,9-12,22-23,30H,5,8,13-15H2,1-2H3,(H,26,29). The van der Waals surface area contributed by atoms with Crippen LogP contribution in [0.4, 0.5) is 0 Å². The molecule has 31 heavy (non-hydrogen) atoms. The molecule has 0 spiro atoms. The highest BCUT2D eigenvalue weighted by molar-refractivity contribution is 6.30. The van der Waals surface area contributed by atoms with E-state index in [4.69, 9.17) is 16.3 Å². The Hall–Kier alpha value is -2.54. The number of carbonyl (C=O) groups is 1. The van der Waals surface area contributed by atoms with Crippen molar-refractivity contribution in [3.8, 4) is 5.75 Å². The van der Waals surface area contributed by atoms with Gasteiger partial charge in [0.15, 0.2) is 0 Å². The molecule has 2 N–H and O–H groups in total. The summed E-state index contributed by atoms with van der Waals surface area (Å²) < 4.78 is 8.11. The molecule has 2 unspecified atom stereocenters. The lowest BCUT2D eigenvalue weighted by atomic mass is 10.0. The van der Waals surface area contributed by atoms with Gasteiger partial charge in [-0.1, -0.05) is 29.8 Å². The van der Waals surface area contributed by atoms with E-state index in [1.165, 1.54) is 6.92 Å². The monoisotopic (exact) mass is 441 g/mol. The number of nitrogens with one attached hydrogen (secondary N) is 1. The van der Waals surface area contributed by atoms with Crippen LogP contribution >= 0.6 is 11.6 Å². The van der Waals surface area contributed by atoms with Crippen molar-refractivity contribution in [2.75, 3.05) is 13.1 Å². The van der Waals surface area contributed by atoms with Crippen LogP contribution in [0.15, 0.2) is 48.5 Å². The Morgan fingerprint density at radius 1 is 1.26 bits per heavy atom. The molecule has 4 rings (SSSR count). The zero-order valence-corrected chi connectivity index (χ0v) is 18.6. The molecule has 1 aliphatic heterocycles. The third-order valence-electron chi connectivity index (χ3n) is 5.93. The van der Waals surface area contributed by atoms with Crippen LogP contribution in [0.1, 0.15) is 37.1 Å². The van der Waals surface area contributed by atoms with Crippen molar-refractivity contribution in [3.05, 3.63) is 64.8 Å². The number of fused-ring (bicyclic) bond motifs is 1. The first-order valence-electron chi connectivity index (χ1n) is 10.6. The number of hydrogen-bond donors (Lipinski definition) is 2. The highest BCUT2D eigenvalue weighted by atomic mass is 35.5. The molecule has 2 atom stereocenters. The van der Waals surface area contributed by atoms with E-state index in [-0.39, 0.29) is 12.1 Å². The molecule has 1 amide bonds. The van der Waals surface area contributed by atoms with E-state index in [0.717, 1.165) is 47.3 Å². The van der Waals surface area contributed by atoms with Crippen molar-refractivity contribution in [1.29, 1.82) is 0 Å². The van der Waals surface area contributed by atoms with E-state index in [1.54, 1.807) is 12.1 Å². The van der Waals surface area contributed by atoms with Crippen molar-refractivity contribution < 1.29 is 14.6 Å². The molecule has 0 bridgehead atoms.